The van der Waals surface area contributed by atoms with Crippen molar-refractivity contribution < 1.29 is 31.8 Å². The van der Waals surface area contributed by atoms with Gasteiger partial charge in [-0.25, -0.2) is 8.42 Å². The van der Waals surface area contributed by atoms with E-state index in [9.17, 15) is 22.3 Å². The van der Waals surface area contributed by atoms with Gasteiger partial charge in [0.1, 0.15) is 16.7 Å². The second-order valence-electron chi connectivity index (χ2n) is 7.80. The monoisotopic (exact) mass is 503 g/mol. The van der Waals surface area contributed by atoms with Crippen molar-refractivity contribution in [3.63, 3.8) is 0 Å². The lowest BCUT2D eigenvalue weighted by Crippen LogP contribution is -2.25. The number of amides is 1. The Morgan fingerprint density at radius 3 is 2.26 bits per heavy atom. The summed E-state index contributed by atoms with van der Waals surface area (Å²) in [5.41, 5.74) is 0.941. The maximum atomic E-state index is 13.4. The van der Waals surface area contributed by atoms with Gasteiger partial charge in [0.15, 0.2) is 9.84 Å². The summed E-state index contributed by atoms with van der Waals surface area (Å²) in [4.78, 5) is 13.3. The zero-order chi connectivity index (χ0) is 24.5. The predicted octanol–water partition coefficient (Wildman–Crippen LogP) is 4.27. The largest absolute Gasteiger partial charge is 0.497 e. The molecule has 4 rings (SSSR count). The summed E-state index contributed by atoms with van der Waals surface area (Å²) in [5.74, 6) is 0.208. The van der Waals surface area contributed by atoms with Crippen molar-refractivity contribution in [3.8, 4) is 11.5 Å². The molecular weight excluding hydrogens is 478 g/mol. The summed E-state index contributed by atoms with van der Waals surface area (Å²) in [6.07, 6.45) is 0. The van der Waals surface area contributed by atoms with Crippen molar-refractivity contribution in [1.29, 1.82) is 0 Å². The zero-order valence-electron chi connectivity index (χ0n) is 18.6. The van der Waals surface area contributed by atoms with E-state index in [4.69, 9.17) is 9.47 Å². The molecule has 1 aliphatic heterocycles. The Balaban J connectivity index is 1.69. The molecule has 1 heterocycles. The van der Waals surface area contributed by atoms with Crippen molar-refractivity contribution >= 4 is 26.3 Å². The van der Waals surface area contributed by atoms with Crippen LogP contribution in [0.2, 0.25) is 0 Å². The van der Waals surface area contributed by atoms with Gasteiger partial charge in [-0.2, -0.15) is 10.6 Å². The number of methoxy groups -OCH3 is 2. The number of hydrogen-bond acceptors (Lipinski definition) is 7. The van der Waals surface area contributed by atoms with Gasteiger partial charge in [-0.15, -0.1) is 0 Å². The lowest BCUT2D eigenvalue weighted by molar-refractivity contribution is 0.0949. The first kappa shape index (κ1) is 24.1. The van der Waals surface area contributed by atoms with Crippen LogP contribution in [0.15, 0.2) is 76.5 Å². The van der Waals surface area contributed by atoms with Crippen LogP contribution in [0, 0.1) is 0 Å². The average Bonchev–Trinajstić information content (AvgIpc) is 3.14. The van der Waals surface area contributed by atoms with Gasteiger partial charge in [-0.3, -0.25) is 13.9 Å². The molecule has 8 nitrogen and oxygen atoms in total. The third-order valence-electron chi connectivity index (χ3n) is 5.68. The third-order valence-corrected chi connectivity index (χ3v) is 9.83. The van der Waals surface area contributed by atoms with Crippen LogP contribution < -0.4 is 14.8 Å². The minimum Gasteiger partial charge on any atom is -0.497 e. The van der Waals surface area contributed by atoms with E-state index in [-0.39, 0.29) is 27.5 Å². The van der Waals surface area contributed by atoms with Crippen LogP contribution in [0.1, 0.15) is 26.7 Å². The molecule has 0 saturated heterocycles. The van der Waals surface area contributed by atoms with Crippen LogP contribution in [0.25, 0.3) is 0 Å². The topological polar surface area (TPSA) is 122 Å². The highest BCUT2D eigenvalue weighted by molar-refractivity contribution is 8.25. The molecule has 1 unspecified atom stereocenters. The number of ether oxygens (including phenoxy) is 2. The van der Waals surface area contributed by atoms with Crippen molar-refractivity contribution in [3.05, 3.63) is 83.4 Å². The van der Waals surface area contributed by atoms with Gasteiger partial charge >= 0.3 is 0 Å². The molecule has 0 bridgehead atoms. The maximum Gasteiger partial charge on any atom is 0.251 e. The second kappa shape index (κ2) is 9.30. The number of carbonyl (C=O) groups excluding carboxylic acids is 1. The Labute approximate surface area is 199 Å². The fraction of sp³-hybridized carbons (Fsp3) is 0.208. The summed E-state index contributed by atoms with van der Waals surface area (Å²) in [6, 6.07) is 17.5. The van der Waals surface area contributed by atoms with Crippen LogP contribution in [-0.2, 0) is 16.4 Å². The van der Waals surface area contributed by atoms with Gasteiger partial charge in [0.05, 0.1) is 29.8 Å². The smallest absolute Gasteiger partial charge is 0.251 e. The quantitative estimate of drug-likeness (QED) is 0.440. The number of rotatable bonds is 7. The molecule has 0 radical (unpaired) electrons. The molecular formula is C24H25NO7S2. The zero-order valence-corrected chi connectivity index (χ0v) is 20.2. The lowest BCUT2D eigenvalue weighted by atomic mass is 10.0. The molecule has 1 atom stereocenters. The third kappa shape index (κ3) is 4.49. The SMILES string of the molecule is COc1cc(CNC(=O)c2cccc3c2C(S(=O)(=O)c2ccccc2)CS3(O)O)cc(OC)c1. The standard InChI is InChI=1S/C24H25NO7S2/c1-31-17-11-16(12-18(13-17)32-2)14-25-24(26)20-9-6-10-21-23(20)22(15-33(21,27)28)34(29,30)19-7-4-3-5-8-19/h3-13,22,27-28H,14-15H2,1-2H3,(H,25,26). The minimum absolute atomic E-state index is 0.0572. The molecule has 3 N–H and O–H groups in total. The Hall–Kier alpha value is -3.05. The molecule has 34 heavy (non-hydrogen) atoms. The molecule has 10 heteroatoms. The molecule has 0 aromatic heterocycles. The van der Waals surface area contributed by atoms with Crippen molar-refractivity contribution in [2.24, 2.45) is 0 Å². The van der Waals surface area contributed by atoms with E-state index in [1.165, 1.54) is 44.6 Å². The molecule has 0 spiro atoms. The summed E-state index contributed by atoms with van der Waals surface area (Å²) in [6.45, 7) is 0.127. The first-order chi connectivity index (χ1) is 16.2. The molecule has 1 aliphatic rings. The molecule has 1 amide bonds. The summed E-state index contributed by atoms with van der Waals surface area (Å²) < 4.78 is 58.7. The van der Waals surface area contributed by atoms with Gasteiger partial charge < -0.3 is 14.8 Å². The second-order valence-corrected chi connectivity index (χ2v) is 12.0. The minimum atomic E-state index is -3.98. The number of nitrogens with one attached hydrogen (secondary N) is 1. The van der Waals surface area contributed by atoms with Crippen molar-refractivity contribution in [2.75, 3.05) is 20.0 Å². The van der Waals surface area contributed by atoms with E-state index in [1.54, 1.807) is 36.4 Å². The predicted molar refractivity (Wildman–Crippen MR) is 130 cm³/mol. The van der Waals surface area contributed by atoms with Crippen LogP contribution in [0.3, 0.4) is 0 Å². The Morgan fingerprint density at radius 1 is 1.00 bits per heavy atom. The van der Waals surface area contributed by atoms with E-state index in [0.29, 0.717) is 11.5 Å². The highest BCUT2D eigenvalue weighted by Crippen LogP contribution is 2.62. The highest BCUT2D eigenvalue weighted by atomic mass is 32.3. The highest BCUT2D eigenvalue weighted by Gasteiger charge is 2.45. The van der Waals surface area contributed by atoms with E-state index >= 15 is 0 Å². The number of carbonyl (C=O) groups is 1. The Bertz CT molecular complexity index is 1300. The number of sulfone groups is 1. The Morgan fingerprint density at radius 2 is 1.65 bits per heavy atom. The number of fused-ring (bicyclic) bond motifs is 1. The first-order valence-electron chi connectivity index (χ1n) is 10.4. The summed E-state index contributed by atoms with van der Waals surface area (Å²) >= 11 is 0. The van der Waals surface area contributed by atoms with Crippen LogP contribution in [0.4, 0.5) is 0 Å². The fourth-order valence-corrected chi connectivity index (χ4v) is 8.47. The maximum absolute atomic E-state index is 13.4. The average molecular weight is 504 g/mol. The normalized spacial score (nSPS) is 17.5. The molecule has 0 fully saturated rings. The van der Waals surface area contributed by atoms with Crippen LogP contribution >= 0.6 is 10.6 Å². The Kier molecular flexibility index (Phi) is 6.59. The van der Waals surface area contributed by atoms with Crippen molar-refractivity contribution in [2.45, 2.75) is 21.6 Å². The van der Waals surface area contributed by atoms with E-state index < -0.39 is 37.3 Å². The van der Waals surface area contributed by atoms with Gasteiger partial charge in [0.2, 0.25) is 0 Å². The fourth-order valence-electron chi connectivity index (χ4n) is 4.01. The summed E-state index contributed by atoms with van der Waals surface area (Å²) in [5, 5.41) is 1.53. The van der Waals surface area contributed by atoms with Crippen LogP contribution in [0.5, 0.6) is 11.5 Å². The van der Waals surface area contributed by atoms with E-state index in [0.717, 1.165) is 5.56 Å². The van der Waals surface area contributed by atoms with Gasteiger partial charge in [-0.1, -0.05) is 24.3 Å². The molecule has 3 aromatic rings. The summed E-state index contributed by atoms with van der Waals surface area (Å²) in [7, 11) is -4.31. The van der Waals surface area contributed by atoms with Crippen LogP contribution in [-0.4, -0.2) is 43.4 Å². The van der Waals surface area contributed by atoms with Crippen molar-refractivity contribution in [1.82, 2.24) is 5.32 Å². The molecule has 0 aliphatic carbocycles. The number of benzene rings is 3. The molecule has 3 aromatic carbocycles. The van der Waals surface area contributed by atoms with E-state index in [1.807, 2.05) is 0 Å². The van der Waals surface area contributed by atoms with Gasteiger partial charge in [0, 0.05) is 23.7 Å². The van der Waals surface area contributed by atoms with Gasteiger partial charge in [-0.05, 0) is 42.0 Å². The molecule has 180 valence electrons. The lowest BCUT2D eigenvalue weighted by Gasteiger charge is -2.27. The van der Waals surface area contributed by atoms with E-state index in [2.05, 4.69) is 5.32 Å². The first-order valence-corrected chi connectivity index (χ1v) is 13.6. The van der Waals surface area contributed by atoms with Gasteiger partial charge in [0.25, 0.3) is 5.91 Å². The number of hydrogen-bond donors (Lipinski definition) is 3. The molecule has 0 saturated carbocycles.